The van der Waals surface area contributed by atoms with Crippen LogP contribution in [0.4, 0.5) is 10.2 Å². The first-order valence-electron chi connectivity index (χ1n) is 10.9. The van der Waals surface area contributed by atoms with Crippen LogP contribution in [0.1, 0.15) is 6.42 Å². The summed E-state index contributed by atoms with van der Waals surface area (Å²) in [6.07, 6.45) is 2.13. The Balaban J connectivity index is 1.46. The highest BCUT2D eigenvalue weighted by molar-refractivity contribution is 6.36. The van der Waals surface area contributed by atoms with Crippen molar-refractivity contribution in [2.75, 3.05) is 37.7 Å². The smallest absolute Gasteiger partial charge is 0.241 e. The van der Waals surface area contributed by atoms with Gasteiger partial charge < -0.3 is 25.0 Å². The summed E-state index contributed by atoms with van der Waals surface area (Å²) in [6.45, 7) is 2.92. The van der Waals surface area contributed by atoms with Crippen molar-refractivity contribution in [3.63, 3.8) is 0 Å². The van der Waals surface area contributed by atoms with E-state index in [4.69, 9.17) is 16.3 Å². The fraction of sp³-hybridized carbons (Fsp3) is 0.348. The average molecular weight is 470 g/mol. The summed E-state index contributed by atoms with van der Waals surface area (Å²) >= 11 is 6.74. The first kappa shape index (κ1) is 20.4. The van der Waals surface area contributed by atoms with Gasteiger partial charge in [0.05, 0.1) is 40.2 Å². The largest absolute Gasteiger partial charge is 0.507 e. The lowest BCUT2D eigenvalue weighted by atomic mass is 9.99. The van der Waals surface area contributed by atoms with Crippen molar-refractivity contribution in [3.8, 4) is 22.6 Å². The van der Waals surface area contributed by atoms with E-state index >= 15 is 0 Å². The van der Waals surface area contributed by atoms with E-state index in [-0.39, 0.29) is 34.3 Å². The first-order chi connectivity index (χ1) is 16.0. The maximum absolute atomic E-state index is 14.6. The van der Waals surface area contributed by atoms with E-state index in [0.29, 0.717) is 60.7 Å². The molecule has 0 radical (unpaired) electrons. The van der Waals surface area contributed by atoms with Gasteiger partial charge in [0.25, 0.3) is 0 Å². The van der Waals surface area contributed by atoms with Crippen molar-refractivity contribution >= 4 is 34.2 Å². The highest BCUT2D eigenvalue weighted by atomic mass is 35.5. The fourth-order valence-electron chi connectivity index (χ4n) is 4.80. The Labute approximate surface area is 193 Å². The van der Waals surface area contributed by atoms with E-state index in [0.717, 1.165) is 6.54 Å². The van der Waals surface area contributed by atoms with Crippen LogP contribution in [-0.4, -0.2) is 70.8 Å². The van der Waals surface area contributed by atoms with Crippen LogP contribution < -0.4 is 15.0 Å². The Morgan fingerprint density at radius 3 is 2.94 bits per heavy atom. The second kappa shape index (κ2) is 7.71. The molecule has 10 heteroatoms. The number of rotatable bonds is 2. The van der Waals surface area contributed by atoms with Gasteiger partial charge in [0, 0.05) is 38.2 Å². The molecule has 2 saturated heterocycles. The molecule has 1 aromatic heterocycles. The summed E-state index contributed by atoms with van der Waals surface area (Å²) in [5.74, 6) is 0.400. The fourth-order valence-corrected chi connectivity index (χ4v) is 5.09. The molecule has 0 aliphatic carbocycles. The number of hydrogen-bond donors (Lipinski definition) is 2. The van der Waals surface area contributed by atoms with Crippen molar-refractivity contribution in [3.05, 3.63) is 41.4 Å². The number of ether oxygens (including phenoxy) is 1. The number of piperazine rings is 1. The number of benzene rings is 2. The molecule has 0 unspecified atom stereocenters. The Hall–Kier alpha value is -3.17. The van der Waals surface area contributed by atoms with Crippen molar-refractivity contribution in [1.82, 2.24) is 20.2 Å². The number of aromatic hydroxyl groups is 1. The number of halogens is 2. The number of nitrogens with zero attached hydrogens (tertiary/aromatic N) is 4. The number of carbonyl (C=O) groups excluding carboxylic acids is 1. The number of nitrogens with one attached hydrogen (secondary N) is 1. The number of fused-ring (bicyclic) bond motifs is 2. The van der Waals surface area contributed by atoms with Gasteiger partial charge in [-0.15, -0.1) is 0 Å². The van der Waals surface area contributed by atoms with Crippen molar-refractivity contribution in [1.29, 1.82) is 0 Å². The monoisotopic (exact) mass is 469 g/mol. The normalized spacial score (nSPS) is 21.8. The molecule has 3 aromatic rings. The molecular formula is C23H21ClFN5O3. The van der Waals surface area contributed by atoms with E-state index in [1.807, 2.05) is 4.90 Å². The Kier molecular flexibility index (Phi) is 4.77. The molecule has 4 heterocycles. The molecule has 0 saturated carbocycles. The maximum atomic E-state index is 14.6. The van der Waals surface area contributed by atoms with Gasteiger partial charge >= 0.3 is 0 Å². The lowest BCUT2D eigenvalue weighted by Gasteiger charge is -2.43. The number of anilines is 1. The molecule has 2 fully saturated rings. The molecule has 1 amide bonds. The van der Waals surface area contributed by atoms with Gasteiger partial charge in [-0.05, 0) is 18.2 Å². The zero-order valence-corrected chi connectivity index (χ0v) is 18.3. The minimum absolute atomic E-state index is 0.00478. The molecule has 6 rings (SSSR count). The summed E-state index contributed by atoms with van der Waals surface area (Å²) in [5.41, 5.74) is 0.854. The Morgan fingerprint density at radius 1 is 1.30 bits per heavy atom. The zero-order valence-electron chi connectivity index (χ0n) is 17.6. The zero-order chi connectivity index (χ0) is 22.7. The molecule has 0 spiro atoms. The predicted molar refractivity (Wildman–Crippen MR) is 121 cm³/mol. The van der Waals surface area contributed by atoms with E-state index in [2.05, 4.69) is 20.2 Å². The highest BCUT2D eigenvalue weighted by Gasteiger charge is 2.38. The van der Waals surface area contributed by atoms with Crippen molar-refractivity contribution < 1.29 is 19.0 Å². The number of carbonyl (C=O) groups is 1. The third-order valence-corrected chi connectivity index (χ3v) is 6.91. The molecule has 0 bridgehead atoms. The Morgan fingerprint density at radius 2 is 2.15 bits per heavy atom. The third kappa shape index (κ3) is 3.34. The molecule has 2 N–H and O–H groups in total. The van der Waals surface area contributed by atoms with Gasteiger partial charge in [0.15, 0.2) is 5.75 Å². The summed E-state index contributed by atoms with van der Waals surface area (Å²) in [4.78, 5) is 25.6. The van der Waals surface area contributed by atoms with Crippen LogP contribution >= 0.6 is 11.6 Å². The molecule has 170 valence electrons. The number of hydrogen-bond acceptors (Lipinski definition) is 7. The molecule has 3 aliphatic heterocycles. The van der Waals surface area contributed by atoms with Gasteiger partial charge in [-0.25, -0.2) is 14.4 Å². The Bertz CT molecular complexity index is 1260. The van der Waals surface area contributed by atoms with Gasteiger partial charge in [-0.3, -0.25) is 4.79 Å². The second-order valence-corrected chi connectivity index (χ2v) is 8.90. The van der Waals surface area contributed by atoms with Gasteiger partial charge in [-0.1, -0.05) is 17.7 Å². The van der Waals surface area contributed by atoms with Crippen LogP contribution in [0.25, 0.3) is 22.0 Å². The van der Waals surface area contributed by atoms with Crippen molar-refractivity contribution in [2.45, 2.75) is 18.5 Å². The van der Waals surface area contributed by atoms with E-state index < -0.39 is 5.82 Å². The number of phenolic OH excluding ortho intramolecular Hbond substituents is 1. The standard InChI is InChI=1S/C23H21ClFN5O3/c24-20-13(18-14(25)2-1-3-17(18)31)8-15-19-21(20)33-7-4-12-10-29(23(32)16-9-26-16)5-6-30(12)22(19)28-11-27-15/h1-3,8,11-12,16,26,31H,4-7,9-10H2/t12-,16-/m1/s1. The molecular weight excluding hydrogens is 449 g/mol. The summed E-state index contributed by atoms with van der Waals surface area (Å²) in [6, 6.07) is 5.76. The number of amides is 1. The summed E-state index contributed by atoms with van der Waals surface area (Å²) < 4.78 is 20.8. The summed E-state index contributed by atoms with van der Waals surface area (Å²) in [7, 11) is 0. The summed E-state index contributed by atoms with van der Waals surface area (Å²) in [5, 5.41) is 14.3. The first-order valence-corrected chi connectivity index (χ1v) is 11.3. The lowest BCUT2D eigenvalue weighted by molar-refractivity contribution is -0.131. The molecule has 3 aliphatic rings. The molecule has 8 nitrogen and oxygen atoms in total. The SMILES string of the molecule is O=C([C@H]1CN1)N1CCN2c3ncnc4cc(-c5c(O)cccc5F)c(Cl)c(c34)OCC[C@@H]2C1. The van der Waals surface area contributed by atoms with Crippen LogP contribution in [0.15, 0.2) is 30.6 Å². The minimum Gasteiger partial charge on any atom is -0.507 e. The second-order valence-electron chi connectivity index (χ2n) is 8.52. The quantitative estimate of drug-likeness (QED) is 0.556. The number of phenols is 1. The van der Waals surface area contributed by atoms with E-state index in [1.165, 1.54) is 24.5 Å². The van der Waals surface area contributed by atoms with Crippen LogP contribution in [-0.2, 0) is 4.79 Å². The minimum atomic E-state index is -0.588. The van der Waals surface area contributed by atoms with Gasteiger partial charge in [0.1, 0.15) is 23.7 Å². The van der Waals surface area contributed by atoms with Crippen LogP contribution in [0.2, 0.25) is 5.02 Å². The molecule has 33 heavy (non-hydrogen) atoms. The molecule has 2 aromatic carbocycles. The van der Waals surface area contributed by atoms with Gasteiger partial charge in [0.2, 0.25) is 5.91 Å². The number of aromatic nitrogens is 2. The van der Waals surface area contributed by atoms with Crippen LogP contribution in [0.3, 0.4) is 0 Å². The van der Waals surface area contributed by atoms with Crippen molar-refractivity contribution in [2.24, 2.45) is 0 Å². The topological polar surface area (TPSA) is 101 Å². The maximum Gasteiger partial charge on any atom is 0.241 e. The van der Waals surface area contributed by atoms with Crippen LogP contribution in [0, 0.1) is 5.82 Å². The average Bonchev–Trinajstić information content (AvgIpc) is 3.64. The van der Waals surface area contributed by atoms with E-state index in [9.17, 15) is 14.3 Å². The molecule has 2 atom stereocenters. The van der Waals surface area contributed by atoms with Gasteiger partial charge in [-0.2, -0.15) is 0 Å². The van der Waals surface area contributed by atoms with E-state index in [1.54, 1.807) is 6.07 Å². The van der Waals surface area contributed by atoms with Crippen LogP contribution in [0.5, 0.6) is 11.5 Å². The highest BCUT2D eigenvalue weighted by Crippen LogP contribution is 2.47. The third-order valence-electron chi connectivity index (χ3n) is 6.53. The lowest BCUT2D eigenvalue weighted by Crippen LogP contribution is -2.56. The predicted octanol–water partition coefficient (Wildman–Crippen LogP) is 2.57.